The summed E-state index contributed by atoms with van der Waals surface area (Å²) in [6, 6.07) is 11.4. The van der Waals surface area contributed by atoms with Crippen LogP contribution in [0.4, 0.5) is 14.5 Å². The second-order valence-corrected chi connectivity index (χ2v) is 5.99. The summed E-state index contributed by atoms with van der Waals surface area (Å²) in [5.74, 6) is 0.652. The fraction of sp³-hybridized carbons (Fsp3) is 0.316. The fourth-order valence-corrected chi connectivity index (χ4v) is 2.16. The summed E-state index contributed by atoms with van der Waals surface area (Å²) in [5, 5.41) is 2.71. The van der Waals surface area contributed by atoms with E-state index >= 15 is 0 Å². The Morgan fingerprint density at radius 1 is 1.16 bits per heavy atom. The molecule has 1 N–H and O–H groups in total. The van der Waals surface area contributed by atoms with Gasteiger partial charge in [0.25, 0.3) is 5.91 Å². The summed E-state index contributed by atoms with van der Waals surface area (Å²) in [7, 11) is 0. The molecule has 0 heterocycles. The van der Waals surface area contributed by atoms with E-state index in [0.717, 1.165) is 0 Å². The number of carbonyl (C=O) groups is 1. The Bertz CT molecular complexity index is 732. The van der Waals surface area contributed by atoms with Crippen molar-refractivity contribution in [3.63, 3.8) is 0 Å². The summed E-state index contributed by atoms with van der Waals surface area (Å²) < 4.78 is 34.9. The molecule has 0 aliphatic carbocycles. The number of halogens is 2. The highest BCUT2D eigenvalue weighted by Crippen LogP contribution is 2.27. The number of benzene rings is 2. The average molecular weight is 349 g/mol. The Balaban J connectivity index is 2.13. The van der Waals surface area contributed by atoms with E-state index < -0.39 is 6.61 Å². The van der Waals surface area contributed by atoms with E-state index in [-0.39, 0.29) is 11.7 Å². The second-order valence-electron chi connectivity index (χ2n) is 5.99. The predicted octanol–water partition coefficient (Wildman–Crippen LogP) is 4.88. The van der Waals surface area contributed by atoms with Crippen LogP contribution in [-0.4, -0.2) is 19.1 Å². The number of ether oxygens (including phenoxy) is 2. The number of hydrogen-bond donors (Lipinski definition) is 1. The van der Waals surface area contributed by atoms with Gasteiger partial charge < -0.3 is 14.8 Å². The molecule has 0 radical (unpaired) electrons. The van der Waals surface area contributed by atoms with E-state index in [1.54, 1.807) is 43.3 Å². The monoisotopic (exact) mass is 349 g/mol. The van der Waals surface area contributed by atoms with Crippen LogP contribution >= 0.6 is 0 Å². The molecule has 0 fully saturated rings. The van der Waals surface area contributed by atoms with Crippen LogP contribution in [0.3, 0.4) is 0 Å². The van der Waals surface area contributed by atoms with Crippen molar-refractivity contribution in [2.75, 3.05) is 11.9 Å². The number of anilines is 1. The summed E-state index contributed by atoms with van der Waals surface area (Å²) in [6.07, 6.45) is 0. The van der Waals surface area contributed by atoms with Crippen molar-refractivity contribution in [2.24, 2.45) is 5.92 Å². The van der Waals surface area contributed by atoms with E-state index in [0.29, 0.717) is 35.1 Å². The molecule has 2 aromatic carbocycles. The van der Waals surface area contributed by atoms with Crippen LogP contribution < -0.4 is 14.8 Å². The first-order valence-corrected chi connectivity index (χ1v) is 7.95. The predicted molar refractivity (Wildman–Crippen MR) is 92.5 cm³/mol. The van der Waals surface area contributed by atoms with Crippen molar-refractivity contribution in [3.05, 3.63) is 53.6 Å². The van der Waals surface area contributed by atoms with Crippen LogP contribution in [0.5, 0.6) is 11.5 Å². The first-order valence-electron chi connectivity index (χ1n) is 7.95. The molecule has 0 aliphatic rings. The number of carbonyl (C=O) groups excluding carboxylic acids is 1. The van der Waals surface area contributed by atoms with Gasteiger partial charge in [-0.15, -0.1) is 0 Å². The van der Waals surface area contributed by atoms with Crippen LogP contribution in [0.2, 0.25) is 0 Å². The highest BCUT2D eigenvalue weighted by Gasteiger charge is 2.13. The first kappa shape index (κ1) is 18.7. The molecule has 0 aromatic heterocycles. The molecule has 4 nitrogen and oxygen atoms in total. The van der Waals surface area contributed by atoms with Gasteiger partial charge in [-0.25, -0.2) is 0 Å². The standard InChI is InChI=1S/C19H21F2NO3/c1-12(2)11-24-15-7-4-6-14(10-15)18(23)22-16-8-5-9-17(13(16)3)25-19(20)21/h4-10,12,19H,11H2,1-3H3,(H,22,23). The largest absolute Gasteiger partial charge is 0.493 e. The molecule has 0 saturated heterocycles. The number of rotatable bonds is 7. The quantitative estimate of drug-likeness (QED) is 0.775. The van der Waals surface area contributed by atoms with E-state index in [1.165, 1.54) is 6.07 Å². The van der Waals surface area contributed by atoms with Crippen LogP contribution in [0, 0.1) is 12.8 Å². The third-order valence-corrected chi connectivity index (χ3v) is 3.43. The van der Waals surface area contributed by atoms with Gasteiger partial charge in [0.15, 0.2) is 0 Å². The van der Waals surface area contributed by atoms with Crippen LogP contribution in [0.15, 0.2) is 42.5 Å². The lowest BCUT2D eigenvalue weighted by atomic mass is 10.1. The number of hydrogen-bond acceptors (Lipinski definition) is 3. The van der Waals surface area contributed by atoms with E-state index in [9.17, 15) is 13.6 Å². The maximum absolute atomic E-state index is 12.4. The SMILES string of the molecule is Cc1c(NC(=O)c2cccc(OCC(C)C)c2)cccc1OC(F)F. The Morgan fingerprint density at radius 3 is 2.56 bits per heavy atom. The molecule has 0 bridgehead atoms. The number of amides is 1. The van der Waals surface area contributed by atoms with Gasteiger partial charge in [0.05, 0.1) is 6.61 Å². The molecule has 0 unspecified atom stereocenters. The summed E-state index contributed by atoms with van der Waals surface area (Å²) >= 11 is 0. The Kier molecular flexibility index (Phi) is 6.33. The van der Waals surface area contributed by atoms with E-state index in [1.807, 2.05) is 13.8 Å². The zero-order valence-corrected chi connectivity index (χ0v) is 14.4. The van der Waals surface area contributed by atoms with Crippen LogP contribution in [0.1, 0.15) is 29.8 Å². The lowest BCUT2D eigenvalue weighted by Crippen LogP contribution is -2.14. The summed E-state index contributed by atoms with van der Waals surface area (Å²) in [6.45, 7) is 3.31. The molecule has 0 atom stereocenters. The fourth-order valence-electron chi connectivity index (χ4n) is 2.16. The first-order chi connectivity index (χ1) is 11.9. The van der Waals surface area contributed by atoms with Gasteiger partial charge in [-0.3, -0.25) is 4.79 Å². The molecule has 0 aliphatic heterocycles. The van der Waals surface area contributed by atoms with Crippen molar-refractivity contribution >= 4 is 11.6 Å². The minimum atomic E-state index is -2.92. The molecule has 2 rings (SSSR count). The third-order valence-electron chi connectivity index (χ3n) is 3.43. The average Bonchev–Trinajstić information content (AvgIpc) is 2.56. The van der Waals surface area contributed by atoms with Crippen molar-refractivity contribution in [2.45, 2.75) is 27.4 Å². The lowest BCUT2D eigenvalue weighted by Gasteiger charge is -2.13. The van der Waals surface area contributed by atoms with Gasteiger partial charge >= 0.3 is 6.61 Å². The van der Waals surface area contributed by atoms with E-state index in [4.69, 9.17) is 4.74 Å². The molecule has 25 heavy (non-hydrogen) atoms. The molecule has 1 amide bonds. The summed E-state index contributed by atoms with van der Waals surface area (Å²) in [4.78, 5) is 12.4. The Labute approximate surface area is 145 Å². The topological polar surface area (TPSA) is 47.6 Å². The van der Waals surface area contributed by atoms with Gasteiger partial charge in [0.1, 0.15) is 11.5 Å². The molecule has 134 valence electrons. The highest BCUT2D eigenvalue weighted by atomic mass is 19.3. The van der Waals surface area contributed by atoms with Gasteiger partial charge in [-0.1, -0.05) is 26.0 Å². The number of nitrogens with one attached hydrogen (secondary N) is 1. The molecule has 0 spiro atoms. The molecule has 2 aromatic rings. The van der Waals surface area contributed by atoms with Crippen molar-refractivity contribution in [3.8, 4) is 11.5 Å². The zero-order chi connectivity index (χ0) is 18.4. The summed E-state index contributed by atoms with van der Waals surface area (Å²) in [5.41, 5.74) is 1.26. The minimum Gasteiger partial charge on any atom is -0.493 e. The van der Waals surface area contributed by atoms with Crippen molar-refractivity contribution in [1.29, 1.82) is 0 Å². The Morgan fingerprint density at radius 2 is 1.88 bits per heavy atom. The number of alkyl halides is 2. The lowest BCUT2D eigenvalue weighted by molar-refractivity contribution is -0.0502. The molecule has 0 saturated carbocycles. The smallest absolute Gasteiger partial charge is 0.387 e. The maximum Gasteiger partial charge on any atom is 0.387 e. The minimum absolute atomic E-state index is 0.0295. The molecule has 6 heteroatoms. The van der Waals surface area contributed by atoms with Gasteiger partial charge in [-0.05, 0) is 43.2 Å². The van der Waals surface area contributed by atoms with Gasteiger partial charge in [-0.2, -0.15) is 8.78 Å². The van der Waals surface area contributed by atoms with Crippen molar-refractivity contribution in [1.82, 2.24) is 0 Å². The van der Waals surface area contributed by atoms with Gasteiger partial charge in [0.2, 0.25) is 0 Å². The highest BCUT2D eigenvalue weighted by molar-refractivity contribution is 6.05. The molecular formula is C19H21F2NO3. The molecular weight excluding hydrogens is 328 g/mol. The third kappa shape index (κ3) is 5.45. The van der Waals surface area contributed by atoms with Crippen molar-refractivity contribution < 1.29 is 23.0 Å². The normalized spacial score (nSPS) is 10.8. The van der Waals surface area contributed by atoms with Gasteiger partial charge in [0, 0.05) is 16.8 Å². The Hall–Kier alpha value is -2.63. The maximum atomic E-state index is 12.4. The van der Waals surface area contributed by atoms with Crippen LogP contribution in [-0.2, 0) is 0 Å². The van der Waals surface area contributed by atoms with Crippen LogP contribution in [0.25, 0.3) is 0 Å². The zero-order valence-electron chi connectivity index (χ0n) is 14.4. The second kappa shape index (κ2) is 8.46. The van der Waals surface area contributed by atoms with E-state index in [2.05, 4.69) is 10.1 Å².